The number of rotatable bonds is 4. The van der Waals surface area contributed by atoms with Gasteiger partial charge in [0.2, 0.25) is 10.0 Å². The Hall–Kier alpha value is -1.87. The molecule has 1 aromatic heterocycles. The van der Waals surface area contributed by atoms with Gasteiger partial charge < -0.3 is 10.1 Å². The van der Waals surface area contributed by atoms with Crippen molar-refractivity contribution in [2.45, 2.75) is 12.3 Å². The maximum absolute atomic E-state index is 12.8. The van der Waals surface area contributed by atoms with E-state index in [0.29, 0.717) is 36.9 Å². The summed E-state index contributed by atoms with van der Waals surface area (Å²) in [7, 11) is -3.40. The number of aromatic nitrogens is 1. The van der Waals surface area contributed by atoms with Gasteiger partial charge in [0.05, 0.1) is 29.6 Å². The Labute approximate surface area is 172 Å². The highest BCUT2D eigenvalue weighted by Gasteiger charge is 2.30. The number of carbonyl (C=O) groups excluding carboxylic acids is 1. The first kappa shape index (κ1) is 19.4. The first-order valence-corrected chi connectivity index (χ1v) is 11.1. The topological polar surface area (TPSA) is 88.6 Å². The number of benzene rings is 1. The van der Waals surface area contributed by atoms with Crippen molar-refractivity contribution in [2.75, 3.05) is 35.1 Å². The lowest BCUT2D eigenvalue weighted by atomic mass is 9.97. The predicted octanol–water partition coefficient (Wildman–Crippen LogP) is 3.29. The van der Waals surface area contributed by atoms with Crippen LogP contribution in [0.1, 0.15) is 28.3 Å². The molecule has 0 saturated carbocycles. The number of nitrogens with one attached hydrogen (secondary N) is 1. The number of amides is 1. The van der Waals surface area contributed by atoms with Crippen LogP contribution in [0.4, 0.5) is 11.5 Å². The standard InChI is InChI=1S/C18H17Cl2N3O4S/c19-13-4-11(12-9-27-10-12)5-14(6-13)22-18(24)15-7-17(21-8-16(15)20)23-2-1-3-28(23,25)26/h4-8,12H,1-3,9-10H2,(H,22,24). The van der Waals surface area contributed by atoms with Crippen LogP contribution in [0, 0.1) is 0 Å². The molecular formula is C18H17Cl2N3O4S. The van der Waals surface area contributed by atoms with Gasteiger partial charge in [-0.3, -0.25) is 9.10 Å². The number of ether oxygens (including phenoxy) is 1. The maximum atomic E-state index is 12.8. The molecule has 0 aliphatic carbocycles. The highest BCUT2D eigenvalue weighted by molar-refractivity contribution is 7.93. The third-order valence-electron chi connectivity index (χ3n) is 4.73. The van der Waals surface area contributed by atoms with E-state index in [1.54, 1.807) is 6.07 Å². The summed E-state index contributed by atoms with van der Waals surface area (Å²) < 4.78 is 30.6. The van der Waals surface area contributed by atoms with Crippen molar-refractivity contribution in [1.82, 2.24) is 4.98 Å². The smallest absolute Gasteiger partial charge is 0.257 e. The first-order chi connectivity index (χ1) is 13.3. The second-order valence-corrected chi connectivity index (χ2v) is 9.58. The van der Waals surface area contributed by atoms with Gasteiger partial charge in [0, 0.05) is 29.4 Å². The summed E-state index contributed by atoms with van der Waals surface area (Å²) in [6, 6.07) is 6.73. The molecular weight excluding hydrogens is 425 g/mol. The van der Waals surface area contributed by atoms with E-state index < -0.39 is 15.9 Å². The lowest BCUT2D eigenvalue weighted by Crippen LogP contribution is -2.26. The van der Waals surface area contributed by atoms with Crippen LogP contribution in [0.15, 0.2) is 30.5 Å². The van der Waals surface area contributed by atoms with E-state index in [-0.39, 0.29) is 28.1 Å². The van der Waals surface area contributed by atoms with Gasteiger partial charge in [-0.05, 0) is 36.2 Å². The molecule has 0 radical (unpaired) electrons. The average molecular weight is 442 g/mol. The molecule has 7 nitrogen and oxygen atoms in total. The fourth-order valence-corrected chi connectivity index (χ4v) is 5.12. The normalized spacial score (nSPS) is 18.7. The third kappa shape index (κ3) is 3.82. The molecule has 0 spiro atoms. The van der Waals surface area contributed by atoms with Crippen molar-refractivity contribution in [2.24, 2.45) is 0 Å². The Morgan fingerprint density at radius 1 is 1.21 bits per heavy atom. The summed E-state index contributed by atoms with van der Waals surface area (Å²) in [4.78, 5) is 16.9. The minimum absolute atomic E-state index is 0.0645. The van der Waals surface area contributed by atoms with Gasteiger partial charge in [-0.25, -0.2) is 13.4 Å². The van der Waals surface area contributed by atoms with E-state index in [9.17, 15) is 13.2 Å². The number of hydrogen-bond donors (Lipinski definition) is 1. The highest BCUT2D eigenvalue weighted by atomic mass is 35.5. The summed E-state index contributed by atoms with van der Waals surface area (Å²) in [5, 5.41) is 3.41. The highest BCUT2D eigenvalue weighted by Crippen LogP contribution is 2.30. The van der Waals surface area contributed by atoms with Gasteiger partial charge >= 0.3 is 0 Å². The van der Waals surface area contributed by atoms with Crippen molar-refractivity contribution < 1.29 is 17.9 Å². The Kier molecular flexibility index (Phi) is 5.22. The van der Waals surface area contributed by atoms with E-state index in [0.717, 1.165) is 5.56 Å². The molecule has 10 heteroatoms. The minimum atomic E-state index is -3.40. The summed E-state index contributed by atoms with van der Waals surface area (Å²) in [5.74, 6) is 0.0364. The van der Waals surface area contributed by atoms with Crippen molar-refractivity contribution in [1.29, 1.82) is 0 Å². The SMILES string of the molecule is O=C(Nc1cc(Cl)cc(C2COC2)c1)c1cc(N2CCCS2(=O)=O)ncc1Cl. The second-order valence-electron chi connectivity index (χ2n) is 6.73. The molecule has 1 amide bonds. The fraction of sp³-hybridized carbons (Fsp3) is 0.333. The van der Waals surface area contributed by atoms with E-state index >= 15 is 0 Å². The quantitative estimate of drug-likeness (QED) is 0.785. The van der Waals surface area contributed by atoms with Gasteiger partial charge in [0.1, 0.15) is 5.82 Å². The van der Waals surface area contributed by atoms with Crippen LogP contribution in [0.2, 0.25) is 10.0 Å². The molecule has 2 saturated heterocycles. The number of pyridine rings is 1. The molecule has 1 aromatic carbocycles. The van der Waals surface area contributed by atoms with Crippen LogP contribution in [0.3, 0.4) is 0 Å². The number of sulfonamides is 1. The second kappa shape index (κ2) is 7.51. The van der Waals surface area contributed by atoms with E-state index in [1.165, 1.54) is 16.6 Å². The van der Waals surface area contributed by atoms with Crippen LogP contribution in [0.25, 0.3) is 0 Å². The molecule has 0 atom stereocenters. The molecule has 148 valence electrons. The van der Waals surface area contributed by atoms with Gasteiger partial charge in [0.25, 0.3) is 5.91 Å². The zero-order valence-corrected chi connectivity index (χ0v) is 17.0. The number of carbonyl (C=O) groups is 1. The van der Waals surface area contributed by atoms with Crippen LogP contribution in [-0.2, 0) is 14.8 Å². The van der Waals surface area contributed by atoms with Gasteiger partial charge in [0.15, 0.2) is 0 Å². The van der Waals surface area contributed by atoms with Crippen molar-refractivity contribution in [3.8, 4) is 0 Å². The van der Waals surface area contributed by atoms with Crippen molar-refractivity contribution in [3.05, 3.63) is 51.6 Å². The third-order valence-corrected chi connectivity index (χ3v) is 7.09. The summed E-state index contributed by atoms with van der Waals surface area (Å²) >= 11 is 12.3. The Bertz CT molecular complexity index is 1040. The monoisotopic (exact) mass is 441 g/mol. The zero-order chi connectivity index (χ0) is 19.9. The summed E-state index contributed by atoms with van der Waals surface area (Å²) in [6.07, 6.45) is 1.80. The lowest BCUT2D eigenvalue weighted by molar-refractivity contribution is 0.00845. The lowest BCUT2D eigenvalue weighted by Gasteiger charge is -2.27. The Balaban J connectivity index is 1.60. The van der Waals surface area contributed by atoms with Crippen LogP contribution >= 0.6 is 23.2 Å². The minimum Gasteiger partial charge on any atom is -0.380 e. The van der Waals surface area contributed by atoms with Crippen LogP contribution in [0.5, 0.6) is 0 Å². The summed E-state index contributed by atoms with van der Waals surface area (Å²) in [6.45, 7) is 1.58. The molecule has 28 heavy (non-hydrogen) atoms. The van der Waals surface area contributed by atoms with E-state index in [1.807, 2.05) is 12.1 Å². The molecule has 0 bridgehead atoms. The number of anilines is 2. The first-order valence-electron chi connectivity index (χ1n) is 8.69. The number of nitrogens with zero attached hydrogens (tertiary/aromatic N) is 2. The van der Waals surface area contributed by atoms with Crippen LogP contribution < -0.4 is 9.62 Å². The largest absolute Gasteiger partial charge is 0.380 e. The molecule has 4 rings (SSSR count). The molecule has 1 N–H and O–H groups in total. The Morgan fingerprint density at radius 3 is 2.64 bits per heavy atom. The number of halogens is 2. The fourth-order valence-electron chi connectivity index (χ4n) is 3.18. The Morgan fingerprint density at radius 2 is 2.00 bits per heavy atom. The molecule has 2 aliphatic rings. The molecule has 2 fully saturated rings. The van der Waals surface area contributed by atoms with Gasteiger partial charge in [-0.1, -0.05) is 23.2 Å². The molecule has 3 heterocycles. The molecule has 2 aliphatic heterocycles. The maximum Gasteiger partial charge on any atom is 0.257 e. The van der Waals surface area contributed by atoms with Crippen molar-refractivity contribution in [3.63, 3.8) is 0 Å². The van der Waals surface area contributed by atoms with Gasteiger partial charge in [-0.2, -0.15) is 0 Å². The molecule has 2 aromatic rings. The zero-order valence-electron chi connectivity index (χ0n) is 14.7. The number of hydrogen-bond acceptors (Lipinski definition) is 5. The van der Waals surface area contributed by atoms with Gasteiger partial charge in [-0.15, -0.1) is 0 Å². The van der Waals surface area contributed by atoms with Crippen LogP contribution in [-0.4, -0.2) is 44.8 Å². The van der Waals surface area contributed by atoms with E-state index in [4.69, 9.17) is 27.9 Å². The van der Waals surface area contributed by atoms with E-state index in [2.05, 4.69) is 10.3 Å². The van der Waals surface area contributed by atoms with Crippen molar-refractivity contribution >= 4 is 50.6 Å². The average Bonchev–Trinajstić information content (AvgIpc) is 2.92. The predicted molar refractivity (Wildman–Crippen MR) is 108 cm³/mol. The summed E-state index contributed by atoms with van der Waals surface area (Å²) in [5.41, 5.74) is 1.66. The molecule has 0 unspecified atom stereocenters.